The molecule has 160 valence electrons. The Kier molecular flexibility index (Phi) is 5.97. The maximum Gasteiger partial charge on any atom is 0.253 e. The number of H-pyrrole nitrogens is 1. The number of fused-ring (bicyclic) bond motifs is 1. The fourth-order valence-corrected chi connectivity index (χ4v) is 4.40. The topological polar surface area (TPSA) is 88.9 Å². The molecule has 3 heterocycles. The quantitative estimate of drug-likeness (QED) is 0.672. The first-order valence-corrected chi connectivity index (χ1v) is 10.6. The number of methoxy groups -OCH3 is 1. The predicted octanol–water partition coefficient (Wildman–Crippen LogP) is 2.60. The predicted molar refractivity (Wildman–Crippen MR) is 116 cm³/mol. The van der Waals surface area contributed by atoms with Gasteiger partial charge < -0.3 is 9.72 Å². The Bertz CT molecular complexity index is 1090. The molecule has 8 nitrogen and oxygen atoms in total. The van der Waals surface area contributed by atoms with Crippen molar-refractivity contribution in [1.29, 1.82) is 0 Å². The van der Waals surface area contributed by atoms with Crippen LogP contribution in [0.4, 0.5) is 0 Å². The molecule has 2 unspecified atom stereocenters. The summed E-state index contributed by atoms with van der Waals surface area (Å²) < 4.78 is 6.99. The molecule has 1 fully saturated rings. The number of nitrogens with one attached hydrogen (secondary N) is 1. The van der Waals surface area contributed by atoms with E-state index in [0.29, 0.717) is 30.5 Å². The fourth-order valence-electron chi connectivity index (χ4n) is 4.40. The summed E-state index contributed by atoms with van der Waals surface area (Å²) in [7, 11) is 1.66. The number of nitrogens with zero attached hydrogens (tertiary/aromatic N) is 5. The van der Waals surface area contributed by atoms with Crippen molar-refractivity contribution in [2.45, 2.75) is 46.2 Å². The molecule has 0 aliphatic carbocycles. The van der Waals surface area contributed by atoms with Gasteiger partial charge in [0, 0.05) is 24.7 Å². The summed E-state index contributed by atoms with van der Waals surface area (Å²) in [6.07, 6.45) is 2.30. The monoisotopic (exact) mass is 410 g/mol. The first-order chi connectivity index (χ1) is 14.5. The molecule has 1 saturated heterocycles. The smallest absolute Gasteiger partial charge is 0.253 e. The van der Waals surface area contributed by atoms with Crippen LogP contribution >= 0.6 is 0 Å². The van der Waals surface area contributed by atoms with Gasteiger partial charge in [0.15, 0.2) is 5.82 Å². The lowest BCUT2D eigenvalue weighted by Crippen LogP contribution is -2.41. The van der Waals surface area contributed by atoms with Crippen LogP contribution in [0, 0.1) is 19.8 Å². The molecule has 0 saturated carbocycles. The first kappa shape index (κ1) is 20.7. The van der Waals surface area contributed by atoms with E-state index >= 15 is 0 Å². The van der Waals surface area contributed by atoms with Crippen LogP contribution < -0.4 is 5.56 Å². The number of hydrogen-bond acceptors (Lipinski definition) is 6. The first-order valence-electron chi connectivity index (χ1n) is 10.6. The van der Waals surface area contributed by atoms with E-state index in [9.17, 15) is 4.79 Å². The summed E-state index contributed by atoms with van der Waals surface area (Å²) in [6.45, 7) is 9.28. The van der Waals surface area contributed by atoms with E-state index in [1.807, 2.05) is 12.1 Å². The van der Waals surface area contributed by atoms with Gasteiger partial charge in [-0.05, 0) is 84.3 Å². The average Bonchev–Trinajstić information content (AvgIpc) is 3.17. The van der Waals surface area contributed by atoms with E-state index in [1.165, 1.54) is 12.0 Å². The lowest BCUT2D eigenvalue weighted by molar-refractivity contribution is 0.137. The van der Waals surface area contributed by atoms with Crippen LogP contribution in [0.5, 0.6) is 0 Å². The second kappa shape index (κ2) is 8.65. The van der Waals surface area contributed by atoms with Gasteiger partial charge in [0.2, 0.25) is 0 Å². The molecule has 1 N–H and O–H groups in total. The molecule has 0 bridgehead atoms. The van der Waals surface area contributed by atoms with Crippen LogP contribution in [-0.4, -0.2) is 56.9 Å². The summed E-state index contributed by atoms with van der Waals surface area (Å²) in [5, 5.41) is 13.5. The van der Waals surface area contributed by atoms with Crippen molar-refractivity contribution in [1.82, 2.24) is 30.1 Å². The van der Waals surface area contributed by atoms with Crippen LogP contribution in [0.25, 0.3) is 10.9 Å². The van der Waals surface area contributed by atoms with Crippen molar-refractivity contribution in [2.75, 3.05) is 26.8 Å². The summed E-state index contributed by atoms with van der Waals surface area (Å²) in [4.78, 5) is 18.7. The number of hydrogen-bond donors (Lipinski definition) is 1. The Morgan fingerprint density at radius 2 is 2.07 bits per heavy atom. The van der Waals surface area contributed by atoms with E-state index in [-0.39, 0.29) is 11.6 Å². The third kappa shape index (κ3) is 4.02. The van der Waals surface area contributed by atoms with Crippen LogP contribution in [-0.2, 0) is 11.3 Å². The van der Waals surface area contributed by atoms with Gasteiger partial charge in [0.05, 0.1) is 13.2 Å². The molecular weight excluding hydrogens is 380 g/mol. The minimum Gasteiger partial charge on any atom is -0.383 e. The third-order valence-corrected chi connectivity index (χ3v) is 6.15. The zero-order valence-corrected chi connectivity index (χ0v) is 18.2. The van der Waals surface area contributed by atoms with Crippen molar-refractivity contribution in [3.8, 4) is 0 Å². The zero-order valence-electron chi connectivity index (χ0n) is 18.2. The molecule has 0 amide bonds. The number of pyridine rings is 1. The zero-order chi connectivity index (χ0) is 21.3. The molecule has 1 aromatic carbocycles. The number of aryl methyl sites for hydroxylation is 2. The van der Waals surface area contributed by atoms with Crippen LogP contribution in [0.15, 0.2) is 23.0 Å². The summed E-state index contributed by atoms with van der Waals surface area (Å²) in [6, 6.07) is 5.89. The molecular formula is C22H30N6O2. The summed E-state index contributed by atoms with van der Waals surface area (Å²) >= 11 is 0. The van der Waals surface area contributed by atoms with E-state index in [2.05, 4.69) is 52.2 Å². The second-order valence-electron chi connectivity index (χ2n) is 8.48. The highest BCUT2D eigenvalue weighted by atomic mass is 16.5. The lowest BCUT2D eigenvalue weighted by atomic mass is 9.95. The SMILES string of the molecule is COCCn1nnnc1C(c1cc2cc(C)c(C)cc2[nH]c1=O)N1CCCC(C)C1. The van der Waals surface area contributed by atoms with Crippen molar-refractivity contribution in [2.24, 2.45) is 5.92 Å². The van der Waals surface area contributed by atoms with Gasteiger partial charge >= 0.3 is 0 Å². The fraction of sp³-hybridized carbons (Fsp3) is 0.545. The van der Waals surface area contributed by atoms with Gasteiger partial charge in [-0.25, -0.2) is 4.68 Å². The van der Waals surface area contributed by atoms with E-state index in [0.717, 1.165) is 36.0 Å². The van der Waals surface area contributed by atoms with Gasteiger partial charge in [-0.1, -0.05) is 6.92 Å². The van der Waals surface area contributed by atoms with Crippen LogP contribution in [0.2, 0.25) is 0 Å². The molecule has 30 heavy (non-hydrogen) atoms. The van der Waals surface area contributed by atoms with Crippen LogP contribution in [0.1, 0.15) is 48.3 Å². The Balaban J connectivity index is 1.85. The number of tetrazole rings is 1. The molecule has 2 atom stereocenters. The lowest BCUT2D eigenvalue weighted by Gasteiger charge is -2.36. The van der Waals surface area contributed by atoms with Crippen molar-refractivity contribution >= 4 is 10.9 Å². The Hall–Kier alpha value is -2.58. The van der Waals surface area contributed by atoms with Crippen molar-refractivity contribution < 1.29 is 4.74 Å². The van der Waals surface area contributed by atoms with Crippen molar-refractivity contribution in [3.05, 3.63) is 51.1 Å². The molecule has 1 aliphatic heterocycles. The molecule has 2 aromatic heterocycles. The van der Waals surface area contributed by atoms with Gasteiger partial charge in [-0.15, -0.1) is 5.10 Å². The highest BCUT2D eigenvalue weighted by molar-refractivity contribution is 5.81. The van der Waals surface area contributed by atoms with Gasteiger partial charge in [-0.2, -0.15) is 0 Å². The number of likely N-dealkylation sites (tertiary alicyclic amines) is 1. The average molecular weight is 411 g/mol. The number of aromatic nitrogens is 5. The minimum absolute atomic E-state index is 0.0877. The van der Waals surface area contributed by atoms with E-state index < -0.39 is 0 Å². The Morgan fingerprint density at radius 1 is 1.27 bits per heavy atom. The number of rotatable bonds is 6. The standard InChI is InChI=1S/C22H30N6O2/c1-14-6-5-7-27(13-14)20(21-24-25-26-28(21)8-9-30-4)18-12-17-10-15(2)16(3)11-19(17)23-22(18)29/h10-12,14,20H,5-9,13H2,1-4H3,(H,23,29). The third-order valence-electron chi connectivity index (χ3n) is 6.15. The highest BCUT2D eigenvalue weighted by Crippen LogP contribution is 2.31. The Morgan fingerprint density at radius 3 is 2.83 bits per heavy atom. The molecule has 3 aromatic rings. The number of aromatic amines is 1. The normalized spacial score (nSPS) is 18.7. The second-order valence-corrected chi connectivity index (χ2v) is 8.48. The maximum absolute atomic E-state index is 13.2. The number of piperidine rings is 1. The maximum atomic E-state index is 13.2. The molecule has 0 spiro atoms. The highest BCUT2D eigenvalue weighted by Gasteiger charge is 2.32. The minimum atomic E-state index is -0.297. The number of ether oxygens (including phenoxy) is 1. The molecule has 4 rings (SSSR count). The molecule has 1 aliphatic rings. The Labute approximate surface area is 176 Å². The van der Waals surface area contributed by atoms with E-state index in [4.69, 9.17) is 4.74 Å². The largest absolute Gasteiger partial charge is 0.383 e. The summed E-state index contributed by atoms with van der Waals surface area (Å²) in [5.74, 6) is 1.25. The van der Waals surface area contributed by atoms with Gasteiger partial charge in [0.1, 0.15) is 6.04 Å². The van der Waals surface area contributed by atoms with Gasteiger partial charge in [0.25, 0.3) is 5.56 Å². The van der Waals surface area contributed by atoms with Gasteiger partial charge in [-0.3, -0.25) is 9.69 Å². The van der Waals surface area contributed by atoms with Crippen LogP contribution in [0.3, 0.4) is 0 Å². The van der Waals surface area contributed by atoms with E-state index in [1.54, 1.807) is 11.8 Å². The molecule has 8 heteroatoms. The van der Waals surface area contributed by atoms with Crippen molar-refractivity contribution in [3.63, 3.8) is 0 Å². The molecule has 0 radical (unpaired) electrons. The summed E-state index contributed by atoms with van der Waals surface area (Å²) in [5.41, 5.74) is 3.82. The number of benzene rings is 1.